The van der Waals surface area contributed by atoms with Crippen LogP contribution in [-0.4, -0.2) is 21.1 Å². The summed E-state index contributed by atoms with van der Waals surface area (Å²) in [6.45, 7) is 4.87. The molecule has 5 heteroatoms. The number of hydrogen-bond acceptors (Lipinski definition) is 3. The van der Waals surface area contributed by atoms with Crippen molar-refractivity contribution in [2.24, 2.45) is 0 Å². The van der Waals surface area contributed by atoms with E-state index in [1.807, 2.05) is 23.9 Å². The molecule has 0 fully saturated rings. The third-order valence-corrected chi connectivity index (χ3v) is 4.45. The number of benzene rings is 2. The van der Waals surface area contributed by atoms with Gasteiger partial charge in [0.15, 0.2) is 0 Å². The van der Waals surface area contributed by atoms with Crippen LogP contribution in [0.4, 0.5) is 0 Å². The molecule has 0 aliphatic rings. The summed E-state index contributed by atoms with van der Waals surface area (Å²) in [6.07, 6.45) is 1.63. The number of aromatic amines is 1. The molecule has 3 aromatic rings. The molecule has 3 rings (SSSR count). The SMILES string of the molecule is CC(C)Sc1ccc(CNC(=O)c2ccc3nc[nH]c3c2)cc1. The minimum atomic E-state index is -0.0814. The molecule has 0 saturated heterocycles. The van der Waals surface area contributed by atoms with Crippen molar-refractivity contribution in [1.29, 1.82) is 0 Å². The van der Waals surface area contributed by atoms with E-state index in [1.165, 1.54) is 4.90 Å². The molecule has 0 radical (unpaired) electrons. The van der Waals surface area contributed by atoms with E-state index in [-0.39, 0.29) is 5.91 Å². The van der Waals surface area contributed by atoms with E-state index in [0.717, 1.165) is 16.6 Å². The molecule has 1 aromatic heterocycles. The molecular weight excluding hydrogens is 306 g/mol. The fraction of sp³-hybridized carbons (Fsp3) is 0.222. The number of aromatic nitrogens is 2. The Bertz CT molecular complexity index is 809. The highest BCUT2D eigenvalue weighted by Gasteiger charge is 2.07. The average molecular weight is 325 g/mol. The Hall–Kier alpha value is -2.27. The highest BCUT2D eigenvalue weighted by Crippen LogP contribution is 2.22. The highest BCUT2D eigenvalue weighted by molar-refractivity contribution is 7.99. The summed E-state index contributed by atoms with van der Waals surface area (Å²) in [7, 11) is 0. The van der Waals surface area contributed by atoms with E-state index in [0.29, 0.717) is 17.4 Å². The lowest BCUT2D eigenvalue weighted by molar-refractivity contribution is 0.0951. The fourth-order valence-electron chi connectivity index (χ4n) is 2.32. The molecule has 0 aliphatic carbocycles. The zero-order chi connectivity index (χ0) is 16.2. The van der Waals surface area contributed by atoms with E-state index >= 15 is 0 Å². The number of H-pyrrole nitrogens is 1. The minimum Gasteiger partial charge on any atom is -0.348 e. The standard InChI is InChI=1S/C18H19N3OS/c1-12(2)23-15-6-3-13(4-7-15)10-19-18(22)14-5-8-16-17(9-14)21-11-20-16/h3-9,11-12H,10H2,1-2H3,(H,19,22)(H,20,21). The zero-order valence-corrected chi connectivity index (χ0v) is 14.0. The third-order valence-electron chi connectivity index (χ3n) is 3.43. The van der Waals surface area contributed by atoms with Crippen LogP contribution in [0.2, 0.25) is 0 Å². The number of thioether (sulfide) groups is 1. The number of imidazole rings is 1. The van der Waals surface area contributed by atoms with Crippen molar-refractivity contribution in [2.45, 2.75) is 30.5 Å². The molecule has 2 N–H and O–H groups in total. The number of carbonyl (C=O) groups is 1. The van der Waals surface area contributed by atoms with Crippen LogP contribution in [0.25, 0.3) is 11.0 Å². The summed E-state index contributed by atoms with van der Waals surface area (Å²) in [5, 5.41) is 3.52. The lowest BCUT2D eigenvalue weighted by Gasteiger charge is -2.08. The Morgan fingerprint density at radius 1 is 1.22 bits per heavy atom. The molecule has 0 atom stereocenters. The molecule has 1 amide bonds. The maximum absolute atomic E-state index is 12.2. The normalized spacial score (nSPS) is 11.1. The Kier molecular flexibility index (Phi) is 4.67. The lowest BCUT2D eigenvalue weighted by Crippen LogP contribution is -2.22. The van der Waals surface area contributed by atoms with Gasteiger partial charge in [0.25, 0.3) is 5.91 Å². The fourth-order valence-corrected chi connectivity index (χ4v) is 3.16. The van der Waals surface area contributed by atoms with Gasteiger partial charge in [-0.05, 0) is 35.9 Å². The van der Waals surface area contributed by atoms with Gasteiger partial charge in [0.2, 0.25) is 0 Å². The molecule has 23 heavy (non-hydrogen) atoms. The molecular formula is C18H19N3OS. The number of carbonyl (C=O) groups excluding carboxylic acids is 1. The second-order valence-corrected chi connectivity index (χ2v) is 7.28. The first-order chi connectivity index (χ1) is 11.1. The van der Waals surface area contributed by atoms with Crippen molar-refractivity contribution in [3.05, 3.63) is 59.9 Å². The minimum absolute atomic E-state index is 0.0814. The Balaban J connectivity index is 1.61. The molecule has 0 aliphatic heterocycles. The molecule has 2 aromatic carbocycles. The summed E-state index contributed by atoms with van der Waals surface area (Å²) in [5.41, 5.74) is 3.45. The number of hydrogen-bond donors (Lipinski definition) is 2. The summed E-state index contributed by atoms with van der Waals surface area (Å²) < 4.78 is 0. The summed E-state index contributed by atoms with van der Waals surface area (Å²) >= 11 is 1.83. The van der Waals surface area contributed by atoms with Gasteiger partial charge in [-0.3, -0.25) is 4.79 Å². The first kappa shape index (κ1) is 15.6. The largest absolute Gasteiger partial charge is 0.348 e. The van der Waals surface area contributed by atoms with Crippen LogP contribution in [0.15, 0.2) is 53.7 Å². The second kappa shape index (κ2) is 6.87. The molecule has 0 spiro atoms. The van der Waals surface area contributed by atoms with Crippen LogP contribution in [0.1, 0.15) is 29.8 Å². The maximum atomic E-state index is 12.2. The van der Waals surface area contributed by atoms with E-state index < -0.39 is 0 Å². The van der Waals surface area contributed by atoms with Gasteiger partial charge in [0.05, 0.1) is 17.4 Å². The molecule has 1 heterocycles. The summed E-state index contributed by atoms with van der Waals surface area (Å²) in [4.78, 5) is 20.7. The van der Waals surface area contributed by atoms with Crippen molar-refractivity contribution in [2.75, 3.05) is 0 Å². The number of amides is 1. The number of fused-ring (bicyclic) bond motifs is 1. The van der Waals surface area contributed by atoms with Gasteiger partial charge in [-0.25, -0.2) is 4.98 Å². The van der Waals surface area contributed by atoms with Crippen LogP contribution >= 0.6 is 11.8 Å². The van der Waals surface area contributed by atoms with Gasteiger partial charge in [-0.15, -0.1) is 11.8 Å². The van der Waals surface area contributed by atoms with Gasteiger partial charge >= 0.3 is 0 Å². The predicted octanol–water partition coefficient (Wildman–Crippen LogP) is 3.99. The smallest absolute Gasteiger partial charge is 0.251 e. The highest BCUT2D eigenvalue weighted by atomic mass is 32.2. The lowest BCUT2D eigenvalue weighted by atomic mass is 10.1. The molecule has 0 bridgehead atoms. The second-order valence-electron chi connectivity index (χ2n) is 5.63. The van der Waals surface area contributed by atoms with Crippen molar-refractivity contribution in [3.8, 4) is 0 Å². The van der Waals surface area contributed by atoms with E-state index in [2.05, 4.69) is 53.4 Å². The van der Waals surface area contributed by atoms with E-state index in [9.17, 15) is 4.79 Å². The molecule has 118 valence electrons. The topological polar surface area (TPSA) is 57.8 Å². The summed E-state index contributed by atoms with van der Waals surface area (Å²) in [5.74, 6) is -0.0814. The quantitative estimate of drug-likeness (QED) is 0.697. The van der Waals surface area contributed by atoms with Crippen molar-refractivity contribution in [3.63, 3.8) is 0 Å². The van der Waals surface area contributed by atoms with Gasteiger partial charge in [-0.2, -0.15) is 0 Å². The van der Waals surface area contributed by atoms with Crippen LogP contribution in [0.5, 0.6) is 0 Å². The maximum Gasteiger partial charge on any atom is 0.251 e. The first-order valence-corrected chi connectivity index (χ1v) is 8.47. The van der Waals surface area contributed by atoms with Gasteiger partial charge in [0.1, 0.15) is 0 Å². The third kappa shape index (κ3) is 3.93. The molecule has 4 nitrogen and oxygen atoms in total. The molecule has 0 unspecified atom stereocenters. The van der Waals surface area contributed by atoms with Crippen LogP contribution in [0.3, 0.4) is 0 Å². The van der Waals surface area contributed by atoms with Gasteiger partial charge < -0.3 is 10.3 Å². The molecule has 0 saturated carbocycles. The average Bonchev–Trinajstić information content (AvgIpc) is 3.01. The Labute approximate surface area is 139 Å². The monoisotopic (exact) mass is 325 g/mol. The van der Waals surface area contributed by atoms with Crippen LogP contribution in [0, 0.1) is 0 Å². The summed E-state index contributed by atoms with van der Waals surface area (Å²) in [6, 6.07) is 13.8. The predicted molar refractivity (Wildman–Crippen MR) is 94.7 cm³/mol. The van der Waals surface area contributed by atoms with Gasteiger partial charge in [-0.1, -0.05) is 26.0 Å². The first-order valence-electron chi connectivity index (χ1n) is 7.59. The number of nitrogens with one attached hydrogen (secondary N) is 2. The Morgan fingerprint density at radius 2 is 2.00 bits per heavy atom. The van der Waals surface area contributed by atoms with Gasteiger partial charge in [0, 0.05) is 22.3 Å². The van der Waals surface area contributed by atoms with Crippen LogP contribution in [-0.2, 0) is 6.54 Å². The van der Waals surface area contributed by atoms with Crippen molar-refractivity contribution in [1.82, 2.24) is 15.3 Å². The van der Waals surface area contributed by atoms with E-state index in [4.69, 9.17) is 0 Å². The van der Waals surface area contributed by atoms with Crippen molar-refractivity contribution >= 4 is 28.7 Å². The van der Waals surface area contributed by atoms with E-state index in [1.54, 1.807) is 12.4 Å². The number of rotatable bonds is 5. The number of nitrogens with zero attached hydrogens (tertiary/aromatic N) is 1. The van der Waals surface area contributed by atoms with Crippen LogP contribution < -0.4 is 5.32 Å². The zero-order valence-electron chi connectivity index (χ0n) is 13.2. The van der Waals surface area contributed by atoms with Crippen molar-refractivity contribution < 1.29 is 4.79 Å². The Morgan fingerprint density at radius 3 is 2.74 bits per heavy atom.